The second-order valence-electron chi connectivity index (χ2n) is 3.97. The molecular weight excluding hydrogens is 308 g/mol. The predicted octanol–water partition coefficient (Wildman–Crippen LogP) is 1.92. The van der Waals surface area contributed by atoms with Crippen molar-refractivity contribution >= 4 is 22.6 Å². The average molecular weight is 323 g/mol. The molecule has 0 saturated carbocycles. The molecule has 2 heterocycles. The third-order valence-electron chi connectivity index (χ3n) is 2.65. The monoisotopic (exact) mass is 323 g/mol. The molecule has 15 heavy (non-hydrogen) atoms. The van der Waals surface area contributed by atoms with E-state index in [4.69, 9.17) is 0 Å². The SMILES string of the molecule is FC(CN1CCCC1)Cn1ccc(I)n1. The summed E-state index contributed by atoms with van der Waals surface area (Å²) in [4.78, 5) is 2.19. The molecule has 0 bridgehead atoms. The van der Waals surface area contributed by atoms with E-state index in [0.29, 0.717) is 13.1 Å². The number of hydrogen-bond acceptors (Lipinski definition) is 2. The minimum atomic E-state index is -0.807. The van der Waals surface area contributed by atoms with Crippen LogP contribution in [0, 0.1) is 3.70 Å². The van der Waals surface area contributed by atoms with E-state index in [2.05, 4.69) is 32.6 Å². The number of rotatable bonds is 4. The van der Waals surface area contributed by atoms with Crippen LogP contribution in [0.25, 0.3) is 0 Å². The lowest BCUT2D eigenvalue weighted by molar-refractivity contribution is 0.197. The zero-order valence-corrected chi connectivity index (χ0v) is 10.7. The predicted molar refractivity (Wildman–Crippen MR) is 65.5 cm³/mol. The summed E-state index contributed by atoms with van der Waals surface area (Å²) in [6, 6.07) is 1.89. The Kier molecular flexibility index (Phi) is 3.96. The van der Waals surface area contributed by atoms with Gasteiger partial charge in [-0.3, -0.25) is 4.68 Å². The van der Waals surface area contributed by atoms with Gasteiger partial charge >= 0.3 is 0 Å². The van der Waals surface area contributed by atoms with Gasteiger partial charge in [-0.2, -0.15) is 5.10 Å². The molecule has 1 aromatic heterocycles. The molecular formula is C10H15FIN3. The number of hydrogen-bond donors (Lipinski definition) is 0. The van der Waals surface area contributed by atoms with Crippen molar-refractivity contribution in [2.45, 2.75) is 25.6 Å². The molecule has 0 spiro atoms. The van der Waals surface area contributed by atoms with Gasteiger partial charge in [-0.1, -0.05) is 0 Å². The van der Waals surface area contributed by atoms with Gasteiger partial charge in [0.2, 0.25) is 0 Å². The molecule has 0 N–H and O–H groups in total. The molecule has 5 heteroatoms. The molecule has 0 amide bonds. The molecule has 1 aliphatic rings. The van der Waals surface area contributed by atoms with E-state index in [-0.39, 0.29) is 0 Å². The molecule has 3 nitrogen and oxygen atoms in total. The fourth-order valence-electron chi connectivity index (χ4n) is 1.94. The Balaban J connectivity index is 1.78. The lowest BCUT2D eigenvalue weighted by Crippen LogP contribution is -2.30. The third kappa shape index (κ3) is 3.41. The first-order valence-corrected chi connectivity index (χ1v) is 6.37. The molecule has 1 atom stereocenters. The Bertz CT molecular complexity index is 309. The fraction of sp³-hybridized carbons (Fsp3) is 0.700. The van der Waals surface area contributed by atoms with E-state index in [9.17, 15) is 4.39 Å². The van der Waals surface area contributed by atoms with Gasteiger partial charge in [0.25, 0.3) is 0 Å². The third-order valence-corrected chi connectivity index (χ3v) is 3.22. The number of aromatic nitrogens is 2. The minimum absolute atomic E-state index is 0.375. The lowest BCUT2D eigenvalue weighted by atomic mass is 10.3. The number of nitrogens with zero attached hydrogens (tertiary/aromatic N) is 3. The molecule has 0 radical (unpaired) electrons. The summed E-state index contributed by atoms with van der Waals surface area (Å²) in [5, 5.41) is 4.17. The van der Waals surface area contributed by atoms with Crippen molar-refractivity contribution < 1.29 is 4.39 Å². The van der Waals surface area contributed by atoms with E-state index in [1.54, 1.807) is 4.68 Å². The summed E-state index contributed by atoms with van der Waals surface area (Å²) in [6.07, 6.45) is 3.45. The molecule has 0 aliphatic carbocycles. The van der Waals surface area contributed by atoms with Crippen LogP contribution in [0.4, 0.5) is 4.39 Å². The zero-order chi connectivity index (χ0) is 10.7. The van der Waals surface area contributed by atoms with Crippen LogP contribution in [0.15, 0.2) is 12.3 Å². The Labute approximate surface area is 103 Å². The first-order valence-electron chi connectivity index (χ1n) is 5.29. The highest BCUT2D eigenvalue weighted by Gasteiger charge is 2.17. The van der Waals surface area contributed by atoms with Crippen molar-refractivity contribution in [3.63, 3.8) is 0 Å². The van der Waals surface area contributed by atoms with Gasteiger partial charge in [0.05, 0.1) is 6.54 Å². The molecule has 1 fully saturated rings. The maximum Gasteiger partial charge on any atom is 0.132 e. The maximum atomic E-state index is 13.6. The van der Waals surface area contributed by atoms with E-state index < -0.39 is 6.17 Å². The topological polar surface area (TPSA) is 21.1 Å². The van der Waals surface area contributed by atoms with E-state index in [1.165, 1.54) is 12.8 Å². The highest BCUT2D eigenvalue weighted by Crippen LogP contribution is 2.10. The maximum absolute atomic E-state index is 13.6. The van der Waals surface area contributed by atoms with Gasteiger partial charge in [0.1, 0.15) is 9.87 Å². The number of likely N-dealkylation sites (tertiary alicyclic amines) is 1. The number of alkyl halides is 1. The lowest BCUT2D eigenvalue weighted by Gasteiger charge is -2.17. The van der Waals surface area contributed by atoms with Gasteiger partial charge in [-0.05, 0) is 54.6 Å². The largest absolute Gasteiger partial charge is 0.300 e. The molecule has 2 rings (SSSR count). The van der Waals surface area contributed by atoms with E-state index in [1.807, 2.05) is 12.3 Å². The zero-order valence-electron chi connectivity index (χ0n) is 8.57. The van der Waals surface area contributed by atoms with Crippen LogP contribution in [-0.4, -0.2) is 40.5 Å². The normalized spacial score (nSPS) is 19.6. The summed E-state index contributed by atoms with van der Waals surface area (Å²) in [5.41, 5.74) is 0. The summed E-state index contributed by atoms with van der Waals surface area (Å²) in [5.74, 6) is 0. The van der Waals surface area contributed by atoms with Crippen molar-refractivity contribution in [3.8, 4) is 0 Å². The molecule has 1 aliphatic heterocycles. The Hall–Kier alpha value is -0.170. The van der Waals surface area contributed by atoms with Gasteiger partial charge < -0.3 is 4.90 Å². The molecule has 1 saturated heterocycles. The van der Waals surface area contributed by atoms with Crippen LogP contribution in [0.1, 0.15) is 12.8 Å². The standard InChI is InChI=1S/C10H15FIN3/c11-9(7-14-4-1-2-5-14)8-15-6-3-10(12)13-15/h3,6,9H,1-2,4-5,7-8H2. The van der Waals surface area contributed by atoms with Crippen LogP contribution in [0.5, 0.6) is 0 Å². The highest BCUT2D eigenvalue weighted by molar-refractivity contribution is 14.1. The van der Waals surface area contributed by atoms with Gasteiger partial charge in [0, 0.05) is 12.7 Å². The van der Waals surface area contributed by atoms with Crippen molar-refractivity contribution in [1.82, 2.24) is 14.7 Å². The van der Waals surface area contributed by atoms with Crippen LogP contribution >= 0.6 is 22.6 Å². The highest BCUT2D eigenvalue weighted by atomic mass is 127. The van der Waals surface area contributed by atoms with Gasteiger partial charge in [-0.25, -0.2) is 4.39 Å². The first kappa shape index (κ1) is 11.3. The molecule has 1 unspecified atom stereocenters. The van der Waals surface area contributed by atoms with Gasteiger partial charge in [0.15, 0.2) is 0 Å². The molecule has 0 aromatic carbocycles. The number of halogens is 2. The molecule has 84 valence electrons. The average Bonchev–Trinajstić information content (AvgIpc) is 2.77. The second-order valence-corrected chi connectivity index (χ2v) is 5.07. The van der Waals surface area contributed by atoms with Crippen LogP contribution in [0.3, 0.4) is 0 Å². The summed E-state index contributed by atoms with van der Waals surface area (Å²) < 4.78 is 16.2. The smallest absolute Gasteiger partial charge is 0.132 e. The fourth-order valence-corrected chi connectivity index (χ4v) is 2.38. The molecule has 1 aromatic rings. The second kappa shape index (κ2) is 5.25. The summed E-state index contributed by atoms with van der Waals surface area (Å²) in [7, 11) is 0. The van der Waals surface area contributed by atoms with Crippen molar-refractivity contribution in [3.05, 3.63) is 16.0 Å². The Morgan fingerprint density at radius 2 is 2.13 bits per heavy atom. The van der Waals surface area contributed by atoms with E-state index >= 15 is 0 Å². The van der Waals surface area contributed by atoms with E-state index in [0.717, 1.165) is 16.8 Å². The van der Waals surface area contributed by atoms with Crippen LogP contribution < -0.4 is 0 Å². The first-order chi connectivity index (χ1) is 7.24. The van der Waals surface area contributed by atoms with Crippen LogP contribution in [-0.2, 0) is 6.54 Å². The quantitative estimate of drug-likeness (QED) is 0.790. The summed E-state index contributed by atoms with van der Waals surface area (Å²) >= 11 is 2.13. The Morgan fingerprint density at radius 3 is 2.73 bits per heavy atom. The van der Waals surface area contributed by atoms with Crippen molar-refractivity contribution in [2.24, 2.45) is 0 Å². The summed E-state index contributed by atoms with van der Waals surface area (Å²) in [6.45, 7) is 3.03. The Morgan fingerprint density at radius 1 is 1.40 bits per heavy atom. The van der Waals surface area contributed by atoms with Crippen molar-refractivity contribution in [2.75, 3.05) is 19.6 Å². The van der Waals surface area contributed by atoms with Crippen LogP contribution in [0.2, 0.25) is 0 Å². The van der Waals surface area contributed by atoms with Crippen molar-refractivity contribution in [1.29, 1.82) is 0 Å². The van der Waals surface area contributed by atoms with Gasteiger partial charge in [-0.15, -0.1) is 0 Å². The minimum Gasteiger partial charge on any atom is -0.300 e.